The van der Waals surface area contributed by atoms with Gasteiger partial charge in [-0.15, -0.1) is 0 Å². The lowest BCUT2D eigenvalue weighted by Gasteiger charge is -2.22. The van der Waals surface area contributed by atoms with E-state index in [1.165, 1.54) is 0 Å². The van der Waals surface area contributed by atoms with Crippen LogP contribution in [0.4, 0.5) is 4.39 Å². The van der Waals surface area contributed by atoms with Gasteiger partial charge in [-0.3, -0.25) is 4.39 Å². The molecule has 0 radical (unpaired) electrons. The first-order chi connectivity index (χ1) is 4.18. The van der Waals surface area contributed by atoms with Crippen LogP contribution in [-0.2, 0) is 0 Å². The summed E-state index contributed by atoms with van der Waals surface area (Å²) in [5, 5.41) is 8.50. The Morgan fingerprint density at radius 1 is 1.56 bits per heavy atom. The summed E-state index contributed by atoms with van der Waals surface area (Å²) < 4.78 is 12.1. The van der Waals surface area contributed by atoms with Gasteiger partial charge in [0, 0.05) is 6.61 Å². The second-order valence-electron chi connectivity index (χ2n) is 2.77. The minimum absolute atomic E-state index is 0.0915. The number of hydrogen-bond donors (Lipinski definition) is 1. The third-order valence-electron chi connectivity index (χ3n) is 1.89. The quantitative estimate of drug-likeness (QED) is 0.621. The fourth-order valence-corrected chi connectivity index (χ4v) is 0.608. The Morgan fingerprint density at radius 3 is 2.22 bits per heavy atom. The molecule has 0 aromatic rings. The fourth-order valence-electron chi connectivity index (χ4n) is 0.608. The molecule has 1 atom stereocenters. The van der Waals surface area contributed by atoms with E-state index < -0.39 is 0 Å². The molecule has 0 saturated carbocycles. The van der Waals surface area contributed by atoms with Gasteiger partial charge in [-0.2, -0.15) is 0 Å². The first kappa shape index (κ1) is 8.89. The van der Waals surface area contributed by atoms with Crippen LogP contribution in [0.1, 0.15) is 26.7 Å². The number of hydrogen-bond acceptors (Lipinski definition) is 1. The van der Waals surface area contributed by atoms with E-state index in [1.54, 1.807) is 0 Å². The van der Waals surface area contributed by atoms with Crippen LogP contribution in [0.2, 0.25) is 0 Å². The fraction of sp³-hybridized carbons (Fsp3) is 1.00. The summed E-state index contributed by atoms with van der Waals surface area (Å²) in [5.74, 6) is 0. The number of rotatable bonds is 4. The smallest absolute Gasteiger partial charge is 0.0948 e. The second-order valence-corrected chi connectivity index (χ2v) is 2.77. The molecule has 1 N–H and O–H groups in total. The maximum Gasteiger partial charge on any atom is 0.0948 e. The zero-order valence-corrected chi connectivity index (χ0v) is 6.15. The minimum atomic E-state index is -0.329. The Morgan fingerprint density at radius 2 is 2.11 bits per heavy atom. The molecule has 9 heavy (non-hydrogen) atoms. The van der Waals surface area contributed by atoms with Gasteiger partial charge >= 0.3 is 0 Å². The molecule has 2 heteroatoms. The van der Waals surface area contributed by atoms with E-state index in [-0.39, 0.29) is 18.7 Å². The monoisotopic (exact) mass is 134 g/mol. The van der Waals surface area contributed by atoms with Crippen LogP contribution in [0.5, 0.6) is 0 Å². The zero-order chi connectivity index (χ0) is 7.33. The number of aliphatic hydroxyl groups is 1. The molecule has 0 rings (SSSR count). The van der Waals surface area contributed by atoms with Crippen molar-refractivity contribution in [3.05, 3.63) is 0 Å². The number of alkyl halides is 1. The van der Waals surface area contributed by atoms with Crippen LogP contribution in [0, 0.1) is 5.41 Å². The molecule has 56 valence electrons. The minimum Gasteiger partial charge on any atom is -0.396 e. The zero-order valence-electron chi connectivity index (χ0n) is 6.15. The standard InChI is InChI=1S/C7H15FO/c1-3-7(2,6-8)4-5-9/h9H,3-6H2,1-2H3. The molecule has 1 nitrogen and oxygen atoms in total. The highest BCUT2D eigenvalue weighted by Gasteiger charge is 2.20. The lowest BCUT2D eigenvalue weighted by Crippen LogP contribution is -2.19. The number of aliphatic hydroxyl groups excluding tert-OH is 1. The Balaban J connectivity index is 3.62. The molecular weight excluding hydrogens is 119 g/mol. The molecular formula is C7H15FO. The van der Waals surface area contributed by atoms with Gasteiger partial charge in [0.15, 0.2) is 0 Å². The summed E-state index contributed by atoms with van der Waals surface area (Å²) in [5.41, 5.74) is -0.283. The van der Waals surface area contributed by atoms with E-state index in [4.69, 9.17) is 5.11 Å². The van der Waals surface area contributed by atoms with Crippen molar-refractivity contribution in [2.75, 3.05) is 13.3 Å². The molecule has 0 bridgehead atoms. The van der Waals surface area contributed by atoms with Crippen molar-refractivity contribution in [2.24, 2.45) is 5.41 Å². The molecule has 0 aromatic heterocycles. The van der Waals surface area contributed by atoms with E-state index in [2.05, 4.69) is 0 Å². The van der Waals surface area contributed by atoms with Gasteiger partial charge in [-0.25, -0.2) is 0 Å². The molecule has 0 spiro atoms. The topological polar surface area (TPSA) is 20.2 Å². The maximum absolute atomic E-state index is 12.1. The van der Waals surface area contributed by atoms with E-state index in [1.807, 2.05) is 13.8 Å². The molecule has 0 fully saturated rings. The van der Waals surface area contributed by atoms with Gasteiger partial charge in [0.2, 0.25) is 0 Å². The van der Waals surface area contributed by atoms with Gasteiger partial charge < -0.3 is 5.11 Å². The van der Waals surface area contributed by atoms with E-state index in [0.717, 1.165) is 6.42 Å². The predicted octanol–water partition coefficient (Wildman–Crippen LogP) is 1.75. The summed E-state index contributed by atoms with van der Waals surface area (Å²) in [6.07, 6.45) is 1.37. The van der Waals surface area contributed by atoms with Crippen molar-refractivity contribution in [3.8, 4) is 0 Å². The maximum atomic E-state index is 12.1. The predicted molar refractivity (Wildman–Crippen MR) is 36.1 cm³/mol. The third kappa shape index (κ3) is 2.80. The van der Waals surface area contributed by atoms with Crippen LogP contribution in [0.15, 0.2) is 0 Å². The first-order valence-corrected chi connectivity index (χ1v) is 3.35. The molecule has 0 aliphatic carbocycles. The van der Waals surface area contributed by atoms with Crippen molar-refractivity contribution < 1.29 is 9.50 Å². The molecule has 0 aromatic carbocycles. The Kier molecular flexibility index (Phi) is 3.78. The van der Waals surface area contributed by atoms with Gasteiger partial charge in [0.05, 0.1) is 6.67 Å². The SMILES string of the molecule is CCC(C)(CF)CCO. The van der Waals surface area contributed by atoms with Crippen molar-refractivity contribution in [3.63, 3.8) is 0 Å². The van der Waals surface area contributed by atoms with Crippen LogP contribution in [0.25, 0.3) is 0 Å². The molecule has 0 aliphatic rings. The molecule has 0 heterocycles. The van der Waals surface area contributed by atoms with Crippen LogP contribution >= 0.6 is 0 Å². The Bertz CT molecular complexity index is 69.3. The summed E-state index contributed by atoms with van der Waals surface area (Å²) in [7, 11) is 0. The van der Waals surface area contributed by atoms with Crippen molar-refractivity contribution in [1.82, 2.24) is 0 Å². The lowest BCUT2D eigenvalue weighted by molar-refractivity contribution is 0.154. The van der Waals surface area contributed by atoms with Crippen molar-refractivity contribution in [2.45, 2.75) is 26.7 Å². The van der Waals surface area contributed by atoms with Crippen molar-refractivity contribution >= 4 is 0 Å². The molecule has 0 amide bonds. The summed E-state index contributed by atoms with van der Waals surface area (Å²) in [6.45, 7) is 3.55. The highest BCUT2D eigenvalue weighted by molar-refractivity contribution is 4.70. The summed E-state index contributed by atoms with van der Waals surface area (Å²) in [4.78, 5) is 0. The largest absolute Gasteiger partial charge is 0.396 e. The molecule has 1 unspecified atom stereocenters. The average molecular weight is 134 g/mol. The van der Waals surface area contributed by atoms with E-state index >= 15 is 0 Å². The third-order valence-corrected chi connectivity index (χ3v) is 1.89. The summed E-state index contributed by atoms with van der Waals surface area (Å²) >= 11 is 0. The Hall–Kier alpha value is -0.110. The normalized spacial score (nSPS) is 17.3. The van der Waals surface area contributed by atoms with Crippen LogP contribution < -0.4 is 0 Å². The molecule has 0 aliphatic heterocycles. The van der Waals surface area contributed by atoms with Gasteiger partial charge in [0.25, 0.3) is 0 Å². The van der Waals surface area contributed by atoms with Gasteiger partial charge in [0.1, 0.15) is 0 Å². The van der Waals surface area contributed by atoms with Gasteiger partial charge in [-0.1, -0.05) is 13.8 Å². The number of halogens is 1. The second kappa shape index (κ2) is 3.83. The van der Waals surface area contributed by atoms with E-state index in [9.17, 15) is 4.39 Å². The summed E-state index contributed by atoms with van der Waals surface area (Å²) in [6, 6.07) is 0. The highest BCUT2D eigenvalue weighted by Crippen LogP contribution is 2.25. The Labute approximate surface area is 55.9 Å². The first-order valence-electron chi connectivity index (χ1n) is 3.35. The molecule has 0 saturated heterocycles. The van der Waals surface area contributed by atoms with Crippen LogP contribution in [-0.4, -0.2) is 18.4 Å². The van der Waals surface area contributed by atoms with Gasteiger partial charge in [-0.05, 0) is 18.3 Å². The average Bonchev–Trinajstić information content (AvgIpc) is 1.89. The van der Waals surface area contributed by atoms with E-state index in [0.29, 0.717) is 6.42 Å². The van der Waals surface area contributed by atoms with Crippen LogP contribution in [0.3, 0.4) is 0 Å². The highest BCUT2D eigenvalue weighted by atomic mass is 19.1. The van der Waals surface area contributed by atoms with Crippen molar-refractivity contribution in [1.29, 1.82) is 0 Å². The lowest BCUT2D eigenvalue weighted by atomic mass is 9.86.